The van der Waals surface area contributed by atoms with Crippen molar-refractivity contribution in [1.82, 2.24) is 15.2 Å². The number of nitrogens with one attached hydrogen (secondary N) is 1. The van der Waals surface area contributed by atoms with Crippen LogP contribution in [0.15, 0.2) is 30.6 Å². The summed E-state index contributed by atoms with van der Waals surface area (Å²) in [4.78, 5) is 3.97. The minimum absolute atomic E-state index is 0.443. The molecule has 0 amide bonds. The summed E-state index contributed by atoms with van der Waals surface area (Å²) in [6, 6.07) is 5.43. The van der Waals surface area contributed by atoms with Crippen LogP contribution < -0.4 is 10.5 Å². The number of hydrogen-bond donors (Lipinski definition) is 2. The van der Waals surface area contributed by atoms with E-state index in [0.717, 1.165) is 5.56 Å². The molecule has 2 heterocycles. The summed E-state index contributed by atoms with van der Waals surface area (Å²) in [7, 11) is 0. The highest BCUT2D eigenvalue weighted by Crippen LogP contribution is 2.10. The molecule has 0 saturated carbocycles. The lowest BCUT2D eigenvalue weighted by atomic mass is 10.3. The van der Waals surface area contributed by atoms with Crippen molar-refractivity contribution in [3.05, 3.63) is 36.2 Å². The second-order valence-corrected chi connectivity index (χ2v) is 2.81. The third-order valence-electron chi connectivity index (χ3n) is 1.68. The largest absolute Gasteiger partial charge is 0.472 e. The second kappa shape index (κ2) is 3.78. The molecule has 0 unspecified atom stereocenters. The zero-order valence-corrected chi connectivity index (χ0v) is 7.47. The van der Waals surface area contributed by atoms with Crippen LogP contribution in [0.3, 0.4) is 0 Å². The highest BCUT2D eigenvalue weighted by molar-refractivity contribution is 5.31. The summed E-state index contributed by atoms with van der Waals surface area (Å²) in [6.07, 6.45) is 3.46. The first-order valence-corrected chi connectivity index (χ1v) is 4.17. The van der Waals surface area contributed by atoms with Gasteiger partial charge in [0.05, 0.1) is 0 Å². The average molecular weight is 190 g/mol. The molecule has 2 aromatic rings. The Morgan fingerprint density at radius 3 is 3.07 bits per heavy atom. The smallest absolute Gasteiger partial charge is 0.235 e. The number of pyridine rings is 1. The number of rotatable bonds is 3. The number of nitrogens with zero attached hydrogens (tertiary/aromatic N) is 2. The van der Waals surface area contributed by atoms with Gasteiger partial charge in [0, 0.05) is 24.0 Å². The predicted octanol–water partition coefficient (Wildman–Crippen LogP) is 0.966. The summed E-state index contributed by atoms with van der Waals surface area (Å²) >= 11 is 0. The molecule has 3 N–H and O–H groups in total. The van der Waals surface area contributed by atoms with E-state index in [-0.39, 0.29) is 0 Å². The van der Waals surface area contributed by atoms with Crippen molar-refractivity contribution < 1.29 is 4.74 Å². The number of anilines is 1. The van der Waals surface area contributed by atoms with Crippen molar-refractivity contribution in [3.63, 3.8) is 0 Å². The Morgan fingerprint density at radius 1 is 1.50 bits per heavy atom. The van der Waals surface area contributed by atoms with Crippen LogP contribution in [0.2, 0.25) is 0 Å². The fraction of sp³-hybridized carbons (Fsp3) is 0.111. The van der Waals surface area contributed by atoms with Crippen LogP contribution in [0.1, 0.15) is 5.56 Å². The average Bonchev–Trinajstić information content (AvgIpc) is 2.63. The van der Waals surface area contributed by atoms with E-state index in [9.17, 15) is 0 Å². The lowest BCUT2D eigenvalue weighted by molar-refractivity contribution is 0.293. The molecule has 0 radical (unpaired) electrons. The predicted molar refractivity (Wildman–Crippen MR) is 51.6 cm³/mol. The van der Waals surface area contributed by atoms with Crippen molar-refractivity contribution in [3.8, 4) is 5.88 Å². The van der Waals surface area contributed by atoms with Crippen LogP contribution in [-0.4, -0.2) is 15.2 Å². The van der Waals surface area contributed by atoms with E-state index < -0.39 is 0 Å². The molecule has 5 heteroatoms. The van der Waals surface area contributed by atoms with Gasteiger partial charge >= 0.3 is 0 Å². The number of ether oxygens (including phenoxy) is 1. The molecule has 72 valence electrons. The molecule has 2 aromatic heterocycles. The minimum Gasteiger partial charge on any atom is -0.472 e. The van der Waals surface area contributed by atoms with Gasteiger partial charge in [-0.05, 0) is 6.07 Å². The van der Waals surface area contributed by atoms with Crippen molar-refractivity contribution in [2.24, 2.45) is 0 Å². The van der Waals surface area contributed by atoms with E-state index in [2.05, 4.69) is 15.2 Å². The highest BCUT2D eigenvalue weighted by Gasteiger charge is 1.98. The van der Waals surface area contributed by atoms with Crippen molar-refractivity contribution in [1.29, 1.82) is 0 Å². The number of aromatic nitrogens is 3. The van der Waals surface area contributed by atoms with Crippen LogP contribution in [-0.2, 0) is 6.61 Å². The molecule has 0 aliphatic carbocycles. The Morgan fingerprint density at radius 2 is 2.43 bits per heavy atom. The number of nitrogens with two attached hydrogens (primary N) is 1. The molecule has 0 bridgehead atoms. The first kappa shape index (κ1) is 8.55. The molecule has 0 saturated heterocycles. The van der Waals surface area contributed by atoms with Crippen LogP contribution in [0, 0.1) is 0 Å². The van der Waals surface area contributed by atoms with Crippen LogP contribution in [0.4, 0.5) is 5.82 Å². The first-order valence-electron chi connectivity index (χ1n) is 4.17. The molecular weight excluding hydrogens is 180 g/mol. The molecule has 0 fully saturated rings. The summed E-state index contributed by atoms with van der Waals surface area (Å²) in [5, 5.41) is 6.43. The van der Waals surface area contributed by atoms with E-state index in [1.807, 2.05) is 12.1 Å². The zero-order valence-electron chi connectivity index (χ0n) is 7.47. The lowest BCUT2D eigenvalue weighted by Gasteiger charge is -2.00. The molecule has 14 heavy (non-hydrogen) atoms. The minimum atomic E-state index is 0.443. The van der Waals surface area contributed by atoms with Gasteiger partial charge in [-0.1, -0.05) is 6.07 Å². The molecule has 5 nitrogen and oxygen atoms in total. The van der Waals surface area contributed by atoms with Crippen molar-refractivity contribution in [2.45, 2.75) is 6.61 Å². The number of aromatic amines is 1. The Hall–Kier alpha value is -2.04. The van der Waals surface area contributed by atoms with Gasteiger partial charge in [0.1, 0.15) is 12.4 Å². The molecule has 0 aromatic carbocycles. The maximum atomic E-state index is 5.44. The summed E-state index contributed by atoms with van der Waals surface area (Å²) in [5.41, 5.74) is 6.43. The topological polar surface area (TPSA) is 76.8 Å². The van der Waals surface area contributed by atoms with E-state index in [1.165, 1.54) is 0 Å². The van der Waals surface area contributed by atoms with E-state index in [4.69, 9.17) is 10.5 Å². The molecule has 0 aliphatic heterocycles. The Bertz CT molecular complexity index is 398. The van der Waals surface area contributed by atoms with E-state index in [1.54, 1.807) is 18.5 Å². The van der Waals surface area contributed by atoms with Gasteiger partial charge in [0.2, 0.25) is 5.88 Å². The van der Waals surface area contributed by atoms with Crippen molar-refractivity contribution >= 4 is 5.82 Å². The standard InChI is InChI=1S/C9H10N4O/c10-8-4-9(13-12-8)14-6-7-2-1-3-11-5-7/h1-5H,6H2,(H3,10,12,13). The Balaban J connectivity index is 1.95. The summed E-state index contributed by atoms with van der Waals surface area (Å²) < 4.78 is 5.35. The third kappa shape index (κ3) is 2.01. The van der Waals surface area contributed by atoms with Gasteiger partial charge in [-0.3, -0.25) is 10.1 Å². The van der Waals surface area contributed by atoms with E-state index in [0.29, 0.717) is 18.3 Å². The number of nitrogen functional groups attached to an aromatic ring is 1. The molecule has 0 aliphatic rings. The quantitative estimate of drug-likeness (QED) is 0.755. The van der Waals surface area contributed by atoms with Crippen LogP contribution in [0.25, 0.3) is 0 Å². The Labute approximate surface area is 80.9 Å². The maximum Gasteiger partial charge on any atom is 0.235 e. The van der Waals surface area contributed by atoms with Gasteiger partial charge in [-0.25, -0.2) is 0 Å². The highest BCUT2D eigenvalue weighted by atomic mass is 16.5. The fourth-order valence-electron chi connectivity index (χ4n) is 1.03. The molecule has 2 rings (SSSR count). The van der Waals surface area contributed by atoms with Gasteiger partial charge in [-0.15, -0.1) is 5.10 Å². The molecule has 0 atom stereocenters. The number of hydrogen-bond acceptors (Lipinski definition) is 4. The normalized spacial score (nSPS) is 10.0. The van der Waals surface area contributed by atoms with Gasteiger partial charge in [0.25, 0.3) is 0 Å². The van der Waals surface area contributed by atoms with Crippen molar-refractivity contribution in [2.75, 3.05) is 5.73 Å². The SMILES string of the molecule is Nc1cc(OCc2cccnc2)n[nH]1. The van der Waals surface area contributed by atoms with Crippen LogP contribution in [0.5, 0.6) is 5.88 Å². The summed E-state index contributed by atoms with van der Waals surface area (Å²) in [5.74, 6) is 0.984. The first-order chi connectivity index (χ1) is 6.84. The zero-order chi connectivity index (χ0) is 9.80. The van der Waals surface area contributed by atoms with E-state index >= 15 is 0 Å². The Kier molecular flexibility index (Phi) is 2.31. The molecule has 0 spiro atoms. The fourth-order valence-corrected chi connectivity index (χ4v) is 1.03. The van der Waals surface area contributed by atoms with Crippen LogP contribution >= 0.6 is 0 Å². The van der Waals surface area contributed by atoms with Gasteiger partial charge in [-0.2, -0.15) is 0 Å². The maximum absolute atomic E-state index is 5.44. The molecular formula is C9H10N4O. The van der Waals surface area contributed by atoms with Gasteiger partial charge < -0.3 is 10.5 Å². The lowest BCUT2D eigenvalue weighted by Crippen LogP contribution is -1.95. The summed E-state index contributed by atoms with van der Waals surface area (Å²) in [6.45, 7) is 0.443. The third-order valence-corrected chi connectivity index (χ3v) is 1.68. The second-order valence-electron chi connectivity index (χ2n) is 2.81. The monoisotopic (exact) mass is 190 g/mol. The number of H-pyrrole nitrogens is 1. The van der Waals surface area contributed by atoms with Gasteiger partial charge in [0.15, 0.2) is 0 Å².